The molecule has 0 aliphatic heterocycles. The van der Waals surface area contributed by atoms with Crippen LogP contribution in [0.1, 0.15) is 31.7 Å². The molecule has 0 saturated heterocycles. The van der Waals surface area contributed by atoms with Gasteiger partial charge < -0.3 is 20.5 Å². The summed E-state index contributed by atoms with van der Waals surface area (Å²) in [5.41, 5.74) is 0.468. The van der Waals surface area contributed by atoms with Gasteiger partial charge in [0.05, 0.1) is 19.3 Å². The van der Waals surface area contributed by atoms with Gasteiger partial charge in [-0.05, 0) is 50.3 Å². The smallest absolute Gasteiger partial charge is 0.191 e. The van der Waals surface area contributed by atoms with Gasteiger partial charge in [0.25, 0.3) is 0 Å². The fourth-order valence-corrected chi connectivity index (χ4v) is 2.75. The van der Waals surface area contributed by atoms with Crippen LogP contribution in [-0.2, 0) is 6.42 Å². The van der Waals surface area contributed by atoms with Gasteiger partial charge in [0, 0.05) is 18.1 Å². The minimum absolute atomic E-state index is 0.450. The number of benzene rings is 1. The molecule has 0 heterocycles. The van der Waals surface area contributed by atoms with E-state index in [2.05, 4.69) is 15.6 Å². The Hall–Kier alpha value is -1.46. The van der Waals surface area contributed by atoms with E-state index in [9.17, 15) is 5.11 Å². The van der Waals surface area contributed by atoms with Crippen LogP contribution in [0.25, 0.3) is 0 Å². The molecule has 0 aromatic heterocycles. The monoisotopic (exact) mass is 339 g/mol. The third-order valence-corrected chi connectivity index (χ3v) is 4.46. The van der Waals surface area contributed by atoms with Crippen molar-refractivity contribution in [3.63, 3.8) is 0 Å². The average molecular weight is 340 g/mol. The van der Waals surface area contributed by atoms with Crippen molar-refractivity contribution in [1.82, 2.24) is 10.6 Å². The van der Waals surface area contributed by atoms with Crippen molar-refractivity contribution >= 4 is 17.6 Å². The predicted molar refractivity (Wildman–Crippen MR) is 94.5 cm³/mol. The van der Waals surface area contributed by atoms with E-state index in [1.54, 1.807) is 7.11 Å². The second-order valence-electron chi connectivity index (χ2n) is 5.91. The van der Waals surface area contributed by atoms with E-state index in [-0.39, 0.29) is 0 Å². The van der Waals surface area contributed by atoms with Gasteiger partial charge in [0.15, 0.2) is 5.96 Å². The topological polar surface area (TPSA) is 65.9 Å². The zero-order valence-corrected chi connectivity index (χ0v) is 14.6. The Balaban J connectivity index is 1.85. The van der Waals surface area contributed by atoms with Crippen LogP contribution in [-0.4, -0.2) is 43.4 Å². The highest BCUT2D eigenvalue weighted by Gasteiger charge is 2.34. The number of nitrogens with zero attached hydrogens (tertiary/aromatic N) is 1. The number of halogens is 1. The van der Waals surface area contributed by atoms with E-state index < -0.39 is 5.60 Å². The first kappa shape index (κ1) is 17.9. The highest BCUT2D eigenvalue weighted by atomic mass is 35.5. The summed E-state index contributed by atoms with van der Waals surface area (Å²) < 4.78 is 5.15. The second-order valence-corrected chi connectivity index (χ2v) is 6.31. The fourth-order valence-electron chi connectivity index (χ4n) is 2.48. The maximum atomic E-state index is 10.1. The van der Waals surface area contributed by atoms with E-state index in [0.29, 0.717) is 11.6 Å². The standard InChI is InChI=1S/C17H26ClN3O2/c1-3-19-16(21-12-17(22)8-4-9-17)20-10-7-13-5-6-14(23-2)11-15(13)18/h5-6,11,22H,3-4,7-10,12H2,1-2H3,(H2,19,20,21). The Morgan fingerprint density at radius 2 is 2.17 bits per heavy atom. The molecule has 1 aromatic carbocycles. The fraction of sp³-hybridized carbons (Fsp3) is 0.588. The number of rotatable bonds is 7. The molecule has 128 valence electrons. The lowest BCUT2D eigenvalue weighted by atomic mass is 9.80. The summed E-state index contributed by atoms with van der Waals surface area (Å²) >= 11 is 6.25. The minimum atomic E-state index is -0.596. The molecule has 1 fully saturated rings. The molecule has 1 aliphatic rings. The summed E-state index contributed by atoms with van der Waals surface area (Å²) in [6, 6.07) is 5.71. The Kier molecular flexibility index (Phi) is 6.54. The van der Waals surface area contributed by atoms with Gasteiger partial charge in [0.1, 0.15) is 5.75 Å². The molecule has 0 spiro atoms. The lowest BCUT2D eigenvalue weighted by Gasteiger charge is -2.35. The van der Waals surface area contributed by atoms with Gasteiger partial charge in [-0.2, -0.15) is 0 Å². The molecule has 0 amide bonds. The van der Waals surface area contributed by atoms with Crippen LogP contribution in [0.4, 0.5) is 0 Å². The van der Waals surface area contributed by atoms with Gasteiger partial charge in [0.2, 0.25) is 0 Å². The predicted octanol–water partition coefficient (Wildman–Crippen LogP) is 2.36. The first-order valence-corrected chi connectivity index (χ1v) is 8.51. The van der Waals surface area contributed by atoms with Gasteiger partial charge in [-0.25, -0.2) is 0 Å². The van der Waals surface area contributed by atoms with E-state index in [0.717, 1.165) is 56.0 Å². The van der Waals surface area contributed by atoms with Crippen molar-refractivity contribution in [3.05, 3.63) is 28.8 Å². The van der Waals surface area contributed by atoms with E-state index >= 15 is 0 Å². The lowest BCUT2D eigenvalue weighted by Crippen LogP contribution is -2.43. The molecule has 0 bridgehead atoms. The maximum Gasteiger partial charge on any atom is 0.191 e. The van der Waals surface area contributed by atoms with Crippen molar-refractivity contribution in [2.24, 2.45) is 4.99 Å². The summed E-state index contributed by atoms with van der Waals surface area (Å²) in [5, 5.41) is 17.3. The van der Waals surface area contributed by atoms with E-state index in [1.807, 2.05) is 25.1 Å². The van der Waals surface area contributed by atoms with Gasteiger partial charge >= 0.3 is 0 Å². The SMILES string of the molecule is CCNC(=NCC1(O)CCC1)NCCc1ccc(OC)cc1Cl. The third kappa shape index (κ3) is 5.29. The number of aliphatic imine (C=N–C) groups is 1. The van der Waals surface area contributed by atoms with Crippen LogP contribution in [0.15, 0.2) is 23.2 Å². The Bertz CT molecular complexity index is 545. The molecule has 0 unspecified atom stereocenters. The van der Waals surface area contributed by atoms with Gasteiger partial charge in [-0.15, -0.1) is 0 Å². The molecule has 0 radical (unpaired) electrons. The third-order valence-electron chi connectivity index (χ3n) is 4.11. The number of methoxy groups -OCH3 is 1. The van der Waals surface area contributed by atoms with E-state index in [4.69, 9.17) is 16.3 Å². The van der Waals surface area contributed by atoms with Crippen molar-refractivity contribution in [2.45, 2.75) is 38.2 Å². The number of guanidine groups is 1. The summed E-state index contributed by atoms with van der Waals surface area (Å²) in [5.74, 6) is 1.49. The zero-order chi connectivity index (χ0) is 16.7. The molecule has 1 aromatic rings. The van der Waals surface area contributed by atoms with Gasteiger partial charge in [-0.1, -0.05) is 17.7 Å². The van der Waals surface area contributed by atoms with Crippen molar-refractivity contribution < 1.29 is 9.84 Å². The largest absolute Gasteiger partial charge is 0.497 e. The Labute approximate surface area is 143 Å². The molecular weight excluding hydrogens is 314 g/mol. The Morgan fingerprint density at radius 3 is 2.74 bits per heavy atom. The zero-order valence-electron chi connectivity index (χ0n) is 13.9. The molecule has 0 atom stereocenters. The normalized spacial score (nSPS) is 16.6. The summed E-state index contributed by atoms with van der Waals surface area (Å²) in [7, 11) is 1.63. The number of aliphatic hydroxyl groups is 1. The van der Waals surface area contributed by atoms with Crippen LogP contribution in [0.2, 0.25) is 5.02 Å². The minimum Gasteiger partial charge on any atom is -0.497 e. The lowest BCUT2D eigenvalue weighted by molar-refractivity contribution is -0.0236. The first-order chi connectivity index (χ1) is 11.1. The van der Waals surface area contributed by atoms with E-state index in [1.165, 1.54) is 0 Å². The summed E-state index contributed by atoms with van der Waals surface area (Å²) in [4.78, 5) is 4.48. The molecule has 5 nitrogen and oxygen atoms in total. The maximum absolute atomic E-state index is 10.1. The van der Waals surface area contributed by atoms with Crippen molar-refractivity contribution in [2.75, 3.05) is 26.7 Å². The van der Waals surface area contributed by atoms with Crippen molar-refractivity contribution in [1.29, 1.82) is 0 Å². The van der Waals surface area contributed by atoms with Gasteiger partial charge in [-0.3, -0.25) is 4.99 Å². The van der Waals surface area contributed by atoms with Crippen molar-refractivity contribution in [3.8, 4) is 5.75 Å². The number of hydrogen-bond donors (Lipinski definition) is 3. The van der Waals surface area contributed by atoms with Crippen LogP contribution in [0.3, 0.4) is 0 Å². The molecule has 2 rings (SSSR count). The van der Waals surface area contributed by atoms with Crippen LogP contribution >= 0.6 is 11.6 Å². The number of ether oxygens (including phenoxy) is 1. The number of hydrogen-bond acceptors (Lipinski definition) is 3. The highest BCUT2D eigenvalue weighted by Crippen LogP contribution is 2.31. The molecule has 23 heavy (non-hydrogen) atoms. The molecule has 6 heteroatoms. The second kappa shape index (κ2) is 8.41. The average Bonchev–Trinajstić information content (AvgIpc) is 2.52. The number of nitrogens with one attached hydrogen (secondary N) is 2. The van der Waals surface area contributed by atoms with Crippen LogP contribution in [0, 0.1) is 0 Å². The highest BCUT2D eigenvalue weighted by molar-refractivity contribution is 6.31. The molecular formula is C17H26ClN3O2. The molecule has 1 aliphatic carbocycles. The Morgan fingerprint density at radius 1 is 1.39 bits per heavy atom. The molecule has 3 N–H and O–H groups in total. The molecule has 1 saturated carbocycles. The quantitative estimate of drug-likeness (QED) is 0.527. The van der Waals surface area contributed by atoms with Crippen LogP contribution in [0.5, 0.6) is 5.75 Å². The summed E-state index contributed by atoms with van der Waals surface area (Å²) in [6.45, 7) is 3.98. The van der Waals surface area contributed by atoms with Crippen LogP contribution < -0.4 is 15.4 Å². The first-order valence-electron chi connectivity index (χ1n) is 8.13. The summed E-state index contributed by atoms with van der Waals surface area (Å²) in [6.07, 6.45) is 3.57.